The number of carbonyl (C=O) groups excluding carboxylic acids is 1. The fraction of sp³-hybridized carbons (Fsp3) is 0.727. The first-order valence-electron chi connectivity index (χ1n) is 5.35. The molecular weight excluding hydrogens is 208 g/mol. The zero-order chi connectivity index (χ0) is 11.9. The summed E-state index contributed by atoms with van der Waals surface area (Å²) in [7, 11) is -1.83. The molecule has 0 aliphatic rings. The maximum Gasteiger partial charge on any atom is 0.332 e. The van der Waals surface area contributed by atoms with Gasteiger partial charge in [-0.2, -0.15) is 0 Å². The largest absolute Gasteiger partial charge is 0.463 e. The highest BCUT2D eigenvalue weighted by atomic mass is 28.4. The lowest BCUT2D eigenvalue weighted by Gasteiger charge is -2.22. The van der Waals surface area contributed by atoms with Crippen molar-refractivity contribution in [2.75, 3.05) is 12.8 Å². The van der Waals surface area contributed by atoms with Crippen LogP contribution in [0.2, 0.25) is 13.1 Å². The van der Waals surface area contributed by atoms with Crippen molar-refractivity contribution in [1.82, 2.24) is 0 Å². The van der Waals surface area contributed by atoms with Gasteiger partial charge >= 0.3 is 5.97 Å². The molecule has 4 heteroatoms. The molecule has 0 spiro atoms. The van der Waals surface area contributed by atoms with E-state index in [1.54, 1.807) is 6.92 Å². The summed E-state index contributed by atoms with van der Waals surface area (Å²) in [6.07, 6.45) is 2.59. The molecule has 0 N–H and O–H groups in total. The molecule has 0 rings (SSSR count). The van der Waals surface area contributed by atoms with Gasteiger partial charge in [-0.05, 0) is 26.4 Å². The predicted octanol–water partition coefficient (Wildman–Crippen LogP) is 2.67. The first-order chi connectivity index (χ1) is 6.89. The van der Waals surface area contributed by atoms with E-state index in [1.165, 1.54) is 0 Å². The summed E-state index contributed by atoms with van der Waals surface area (Å²) >= 11 is 0. The highest BCUT2D eigenvalue weighted by molar-refractivity contribution is 6.71. The van der Waals surface area contributed by atoms with Gasteiger partial charge in [-0.3, -0.25) is 0 Å². The molecule has 0 aromatic heterocycles. The van der Waals surface area contributed by atoms with Crippen LogP contribution in [0.4, 0.5) is 0 Å². The molecule has 0 bridgehead atoms. The van der Waals surface area contributed by atoms with Crippen LogP contribution < -0.4 is 0 Å². The van der Waals surface area contributed by atoms with Gasteiger partial charge in [-0.1, -0.05) is 19.9 Å². The normalized spacial score (nSPS) is 11.2. The summed E-state index contributed by atoms with van der Waals surface area (Å²) in [5.74, 6) is -0.324. The lowest BCUT2D eigenvalue weighted by atomic mass is 10.4. The molecule has 0 saturated carbocycles. The van der Waals surface area contributed by atoms with Crippen LogP contribution in [0.1, 0.15) is 26.7 Å². The molecular formula is C11H22O3Si. The van der Waals surface area contributed by atoms with Crippen LogP contribution in [-0.2, 0) is 14.0 Å². The van der Waals surface area contributed by atoms with E-state index in [9.17, 15) is 4.79 Å². The van der Waals surface area contributed by atoms with Gasteiger partial charge in [0.25, 0.3) is 0 Å². The average Bonchev–Trinajstić information content (AvgIpc) is 2.14. The van der Waals surface area contributed by atoms with Gasteiger partial charge in [0.15, 0.2) is 0 Å². The number of esters is 1. The lowest BCUT2D eigenvalue weighted by molar-refractivity contribution is -0.137. The lowest BCUT2D eigenvalue weighted by Crippen LogP contribution is -2.38. The second-order valence-electron chi connectivity index (χ2n) is 4.32. The van der Waals surface area contributed by atoms with Crippen molar-refractivity contribution in [2.24, 2.45) is 0 Å². The Balaban J connectivity index is 3.82. The molecule has 3 nitrogen and oxygen atoms in total. The average molecular weight is 230 g/mol. The van der Waals surface area contributed by atoms with Gasteiger partial charge in [0, 0.05) is 12.2 Å². The third-order valence-electron chi connectivity index (χ3n) is 1.89. The molecule has 88 valence electrons. The van der Waals surface area contributed by atoms with E-state index in [0.717, 1.165) is 19.4 Å². The SMILES string of the molecule is C=C(C)C(=O)OC[Si](C)(C)OCCCC. The summed E-state index contributed by atoms with van der Waals surface area (Å²) < 4.78 is 10.8. The quantitative estimate of drug-likeness (QED) is 0.292. The highest BCUT2D eigenvalue weighted by Gasteiger charge is 2.24. The Labute approximate surface area is 93.6 Å². The number of hydrogen-bond donors (Lipinski definition) is 0. The van der Waals surface area contributed by atoms with Crippen LogP contribution >= 0.6 is 0 Å². The molecule has 0 radical (unpaired) electrons. The predicted molar refractivity (Wildman–Crippen MR) is 64.1 cm³/mol. The third-order valence-corrected chi connectivity index (χ3v) is 3.72. The Morgan fingerprint density at radius 1 is 1.40 bits per heavy atom. The molecule has 0 saturated heterocycles. The molecule has 0 amide bonds. The van der Waals surface area contributed by atoms with Crippen LogP contribution in [0.25, 0.3) is 0 Å². The van der Waals surface area contributed by atoms with Crippen molar-refractivity contribution in [3.8, 4) is 0 Å². The maximum absolute atomic E-state index is 11.2. The van der Waals surface area contributed by atoms with Gasteiger partial charge in [-0.15, -0.1) is 0 Å². The monoisotopic (exact) mass is 230 g/mol. The Morgan fingerprint density at radius 2 is 2.00 bits per heavy atom. The Hall–Kier alpha value is -0.613. The molecule has 0 aromatic carbocycles. The minimum absolute atomic E-state index is 0.324. The molecule has 0 aromatic rings. The first-order valence-corrected chi connectivity index (χ1v) is 8.47. The summed E-state index contributed by atoms with van der Waals surface area (Å²) in [4.78, 5) is 11.2. The van der Waals surface area contributed by atoms with Crippen molar-refractivity contribution in [2.45, 2.75) is 39.8 Å². The minimum Gasteiger partial charge on any atom is -0.463 e. The van der Waals surface area contributed by atoms with E-state index in [-0.39, 0.29) is 5.97 Å². The topological polar surface area (TPSA) is 35.5 Å². The summed E-state index contributed by atoms with van der Waals surface area (Å²) in [5, 5.41) is 0. The second kappa shape index (κ2) is 6.79. The van der Waals surface area contributed by atoms with Crippen molar-refractivity contribution in [1.29, 1.82) is 0 Å². The number of ether oxygens (including phenoxy) is 1. The van der Waals surface area contributed by atoms with E-state index in [0.29, 0.717) is 11.8 Å². The Morgan fingerprint density at radius 3 is 2.47 bits per heavy atom. The van der Waals surface area contributed by atoms with Gasteiger partial charge in [0.1, 0.15) is 6.23 Å². The Kier molecular flexibility index (Phi) is 6.52. The zero-order valence-corrected chi connectivity index (χ0v) is 11.3. The third kappa shape index (κ3) is 7.33. The summed E-state index contributed by atoms with van der Waals surface area (Å²) in [6.45, 7) is 12.2. The fourth-order valence-electron chi connectivity index (χ4n) is 0.897. The van der Waals surface area contributed by atoms with E-state index in [1.807, 2.05) is 13.1 Å². The van der Waals surface area contributed by atoms with E-state index >= 15 is 0 Å². The number of carbonyl (C=O) groups is 1. The van der Waals surface area contributed by atoms with Gasteiger partial charge < -0.3 is 9.16 Å². The van der Waals surface area contributed by atoms with Crippen LogP contribution in [0.3, 0.4) is 0 Å². The smallest absolute Gasteiger partial charge is 0.332 e. The molecule has 15 heavy (non-hydrogen) atoms. The molecule has 0 atom stereocenters. The van der Waals surface area contributed by atoms with Crippen LogP contribution in [0.15, 0.2) is 12.2 Å². The molecule has 0 fully saturated rings. The van der Waals surface area contributed by atoms with Gasteiger partial charge in [-0.25, -0.2) is 4.79 Å². The van der Waals surface area contributed by atoms with Crippen molar-refractivity contribution in [3.63, 3.8) is 0 Å². The molecule has 0 aliphatic carbocycles. The highest BCUT2D eigenvalue weighted by Crippen LogP contribution is 2.07. The zero-order valence-electron chi connectivity index (χ0n) is 10.3. The summed E-state index contributed by atoms with van der Waals surface area (Å²) in [6, 6.07) is 0. The standard InChI is InChI=1S/C11H22O3Si/c1-6-7-8-14-15(4,5)9-13-11(12)10(2)3/h2,6-9H2,1,3-5H3. The van der Waals surface area contributed by atoms with E-state index in [4.69, 9.17) is 9.16 Å². The van der Waals surface area contributed by atoms with Gasteiger partial charge in [0.05, 0.1) is 0 Å². The van der Waals surface area contributed by atoms with Gasteiger partial charge in [0.2, 0.25) is 8.32 Å². The fourth-order valence-corrected chi connectivity index (χ4v) is 2.16. The number of unbranched alkanes of at least 4 members (excludes halogenated alkanes) is 1. The maximum atomic E-state index is 11.2. The Bertz CT molecular complexity index is 224. The molecule has 0 aliphatic heterocycles. The van der Waals surface area contributed by atoms with Crippen LogP contribution in [0.5, 0.6) is 0 Å². The van der Waals surface area contributed by atoms with Crippen molar-refractivity contribution < 1.29 is 14.0 Å². The van der Waals surface area contributed by atoms with Crippen LogP contribution in [-0.4, -0.2) is 27.1 Å². The van der Waals surface area contributed by atoms with E-state index in [2.05, 4.69) is 13.5 Å². The molecule has 0 heterocycles. The van der Waals surface area contributed by atoms with Crippen molar-refractivity contribution >= 4 is 14.3 Å². The first kappa shape index (κ1) is 14.4. The summed E-state index contributed by atoms with van der Waals surface area (Å²) in [5.41, 5.74) is 0.438. The number of hydrogen-bond acceptors (Lipinski definition) is 3. The van der Waals surface area contributed by atoms with Crippen molar-refractivity contribution in [3.05, 3.63) is 12.2 Å². The minimum atomic E-state index is -1.83. The number of rotatable bonds is 7. The van der Waals surface area contributed by atoms with E-state index < -0.39 is 8.32 Å². The van der Waals surface area contributed by atoms with Crippen LogP contribution in [0, 0.1) is 0 Å². The molecule has 0 unspecified atom stereocenters. The second-order valence-corrected chi connectivity index (χ2v) is 8.41.